The lowest BCUT2D eigenvalue weighted by atomic mass is 10.1. The van der Waals surface area contributed by atoms with Crippen LogP contribution in [0.2, 0.25) is 0 Å². The summed E-state index contributed by atoms with van der Waals surface area (Å²) in [4.78, 5) is 26.8. The number of methoxy groups -OCH3 is 1. The summed E-state index contributed by atoms with van der Waals surface area (Å²) >= 11 is 1.60. The van der Waals surface area contributed by atoms with Crippen LogP contribution in [-0.2, 0) is 9.59 Å². The smallest absolute Gasteiger partial charge is 0.238 e. The van der Waals surface area contributed by atoms with E-state index in [2.05, 4.69) is 5.32 Å². The molecule has 1 N–H and O–H groups in total. The molecule has 0 spiro atoms. The van der Waals surface area contributed by atoms with Crippen molar-refractivity contribution >= 4 is 35.0 Å². The highest BCUT2D eigenvalue weighted by atomic mass is 32.2. The molecular formula is C22H24N2O3S. The number of nitrogens with one attached hydrogen (secondary N) is 1. The first kappa shape index (κ1) is 18.9. The van der Waals surface area contributed by atoms with Crippen LogP contribution in [0, 0.1) is 5.92 Å². The van der Waals surface area contributed by atoms with Crippen LogP contribution >= 0.6 is 11.8 Å². The zero-order valence-electron chi connectivity index (χ0n) is 15.9. The molecule has 4 rings (SSSR count). The van der Waals surface area contributed by atoms with Gasteiger partial charge in [-0.15, -0.1) is 11.8 Å². The molecular weight excluding hydrogens is 372 g/mol. The Labute approximate surface area is 169 Å². The molecule has 1 aliphatic carbocycles. The van der Waals surface area contributed by atoms with E-state index in [0.717, 1.165) is 48.4 Å². The minimum Gasteiger partial charge on any atom is -0.497 e. The topological polar surface area (TPSA) is 58.6 Å². The highest BCUT2D eigenvalue weighted by Gasteiger charge is 2.34. The quantitative estimate of drug-likeness (QED) is 0.802. The summed E-state index contributed by atoms with van der Waals surface area (Å²) < 4.78 is 5.22. The molecule has 1 saturated heterocycles. The molecule has 2 fully saturated rings. The fraction of sp³-hybridized carbons (Fsp3) is 0.364. The van der Waals surface area contributed by atoms with Crippen molar-refractivity contribution in [3.63, 3.8) is 0 Å². The van der Waals surface area contributed by atoms with Gasteiger partial charge in [0, 0.05) is 17.3 Å². The van der Waals surface area contributed by atoms with Gasteiger partial charge >= 0.3 is 0 Å². The third-order valence-electron chi connectivity index (χ3n) is 5.38. The van der Waals surface area contributed by atoms with Crippen molar-refractivity contribution in [3.05, 3.63) is 54.1 Å². The number of hydrogen-bond acceptors (Lipinski definition) is 4. The highest BCUT2D eigenvalue weighted by Crippen LogP contribution is 2.42. The fourth-order valence-electron chi connectivity index (χ4n) is 3.89. The second kappa shape index (κ2) is 8.27. The van der Waals surface area contributed by atoms with Crippen molar-refractivity contribution in [3.8, 4) is 5.75 Å². The summed E-state index contributed by atoms with van der Waals surface area (Å²) in [5.74, 6) is 1.52. The Morgan fingerprint density at radius 3 is 2.61 bits per heavy atom. The van der Waals surface area contributed by atoms with Crippen LogP contribution in [0.3, 0.4) is 0 Å². The first-order valence-electron chi connectivity index (χ1n) is 9.64. The number of rotatable bonds is 5. The maximum atomic E-state index is 12.6. The van der Waals surface area contributed by atoms with Crippen molar-refractivity contribution in [1.82, 2.24) is 0 Å². The minimum atomic E-state index is -0.107. The number of carbonyl (C=O) groups is 2. The van der Waals surface area contributed by atoms with Crippen molar-refractivity contribution < 1.29 is 14.3 Å². The number of benzene rings is 2. The average Bonchev–Trinajstić information content (AvgIpc) is 3.38. The van der Waals surface area contributed by atoms with Gasteiger partial charge in [-0.1, -0.05) is 25.0 Å². The van der Waals surface area contributed by atoms with Crippen LogP contribution in [0.1, 0.15) is 36.6 Å². The van der Waals surface area contributed by atoms with Crippen molar-refractivity contribution in [2.45, 2.75) is 31.1 Å². The van der Waals surface area contributed by atoms with E-state index in [9.17, 15) is 9.59 Å². The molecule has 0 bridgehead atoms. The van der Waals surface area contributed by atoms with Crippen LogP contribution in [0.4, 0.5) is 11.4 Å². The molecule has 1 aliphatic heterocycles. The van der Waals surface area contributed by atoms with Crippen molar-refractivity contribution in [2.75, 3.05) is 23.1 Å². The van der Waals surface area contributed by atoms with Crippen LogP contribution < -0.4 is 15.0 Å². The molecule has 2 aliphatic rings. The number of nitrogens with zero attached hydrogens (tertiary/aromatic N) is 1. The molecule has 6 heteroatoms. The molecule has 1 heterocycles. The van der Waals surface area contributed by atoms with Gasteiger partial charge in [0.15, 0.2) is 0 Å². The molecule has 28 heavy (non-hydrogen) atoms. The minimum absolute atomic E-state index is 0.0839. The molecule has 2 amide bonds. The molecule has 146 valence electrons. The van der Waals surface area contributed by atoms with E-state index in [1.165, 1.54) is 0 Å². The summed E-state index contributed by atoms with van der Waals surface area (Å²) in [6.07, 6.45) is 4.22. The van der Waals surface area contributed by atoms with Gasteiger partial charge in [0.25, 0.3) is 0 Å². The van der Waals surface area contributed by atoms with Gasteiger partial charge in [-0.3, -0.25) is 14.5 Å². The summed E-state index contributed by atoms with van der Waals surface area (Å²) in [5.41, 5.74) is 2.65. The Morgan fingerprint density at radius 1 is 1.14 bits per heavy atom. The van der Waals surface area contributed by atoms with Crippen LogP contribution in [0.5, 0.6) is 5.75 Å². The molecule has 2 aromatic carbocycles. The number of carbonyl (C=O) groups excluding carboxylic acids is 2. The summed E-state index contributed by atoms with van der Waals surface area (Å²) in [5, 5.41) is 2.95. The van der Waals surface area contributed by atoms with Crippen LogP contribution in [0.15, 0.2) is 48.5 Å². The van der Waals surface area contributed by atoms with E-state index >= 15 is 0 Å². The van der Waals surface area contributed by atoms with Crippen molar-refractivity contribution in [1.29, 1.82) is 0 Å². The first-order chi connectivity index (χ1) is 13.7. The first-order valence-corrected chi connectivity index (χ1v) is 10.7. The maximum Gasteiger partial charge on any atom is 0.238 e. The van der Waals surface area contributed by atoms with E-state index in [-0.39, 0.29) is 23.1 Å². The van der Waals surface area contributed by atoms with Gasteiger partial charge in [0.1, 0.15) is 11.1 Å². The summed E-state index contributed by atoms with van der Waals surface area (Å²) in [6, 6.07) is 15.4. The monoisotopic (exact) mass is 396 g/mol. The zero-order chi connectivity index (χ0) is 19.5. The summed E-state index contributed by atoms with van der Waals surface area (Å²) in [7, 11) is 1.63. The van der Waals surface area contributed by atoms with Gasteiger partial charge in [-0.25, -0.2) is 0 Å². The van der Waals surface area contributed by atoms with Gasteiger partial charge < -0.3 is 10.1 Å². The predicted octanol–water partition coefficient (Wildman–Crippen LogP) is 4.60. The van der Waals surface area contributed by atoms with E-state index < -0.39 is 0 Å². The van der Waals surface area contributed by atoms with E-state index in [1.807, 2.05) is 53.4 Å². The number of anilines is 2. The Morgan fingerprint density at radius 2 is 1.89 bits per heavy atom. The van der Waals surface area contributed by atoms with E-state index in [0.29, 0.717) is 5.75 Å². The van der Waals surface area contributed by atoms with Gasteiger partial charge in [0.05, 0.1) is 12.9 Å². The van der Waals surface area contributed by atoms with Gasteiger partial charge in [0.2, 0.25) is 11.8 Å². The molecule has 1 unspecified atom stereocenters. The lowest BCUT2D eigenvalue weighted by Crippen LogP contribution is -2.27. The molecule has 0 aromatic heterocycles. The second-order valence-corrected chi connectivity index (χ2v) is 8.29. The van der Waals surface area contributed by atoms with E-state index in [4.69, 9.17) is 4.74 Å². The molecule has 2 aromatic rings. The Balaban J connectivity index is 1.55. The predicted molar refractivity (Wildman–Crippen MR) is 113 cm³/mol. The molecule has 5 nitrogen and oxygen atoms in total. The Kier molecular flexibility index (Phi) is 5.57. The fourth-order valence-corrected chi connectivity index (χ4v) is 5.06. The number of amides is 2. The number of ether oxygens (including phenoxy) is 1. The molecule has 0 radical (unpaired) electrons. The standard InChI is InChI=1S/C22H24N2O3S/c1-27-19-11-9-18(10-12-19)24-20(25)14-28-22(24)16-7-4-8-17(13-16)23-21(26)15-5-2-3-6-15/h4,7-13,15,22H,2-3,5-6,14H2,1H3,(H,23,26). The third-order valence-corrected chi connectivity index (χ3v) is 6.60. The van der Waals surface area contributed by atoms with Gasteiger partial charge in [-0.05, 0) is 54.8 Å². The number of hydrogen-bond donors (Lipinski definition) is 1. The van der Waals surface area contributed by atoms with Crippen LogP contribution in [0.25, 0.3) is 0 Å². The van der Waals surface area contributed by atoms with Crippen molar-refractivity contribution in [2.24, 2.45) is 5.92 Å². The largest absolute Gasteiger partial charge is 0.497 e. The third kappa shape index (κ3) is 3.87. The lowest BCUT2D eigenvalue weighted by Gasteiger charge is -2.25. The maximum absolute atomic E-state index is 12.6. The average molecular weight is 397 g/mol. The van der Waals surface area contributed by atoms with E-state index in [1.54, 1.807) is 18.9 Å². The summed E-state index contributed by atoms with van der Waals surface area (Å²) in [6.45, 7) is 0. The Hall–Kier alpha value is -2.47. The Bertz CT molecular complexity index is 862. The SMILES string of the molecule is COc1ccc(N2C(=O)CSC2c2cccc(NC(=O)C3CCCC3)c2)cc1. The normalized spacial score (nSPS) is 19.8. The lowest BCUT2D eigenvalue weighted by molar-refractivity contribution is -0.119. The highest BCUT2D eigenvalue weighted by molar-refractivity contribution is 8.00. The second-order valence-electron chi connectivity index (χ2n) is 7.22. The number of thioether (sulfide) groups is 1. The molecule has 1 atom stereocenters. The molecule has 1 saturated carbocycles. The van der Waals surface area contributed by atoms with Gasteiger partial charge in [-0.2, -0.15) is 0 Å². The van der Waals surface area contributed by atoms with Crippen LogP contribution in [-0.4, -0.2) is 24.7 Å². The zero-order valence-corrected chi connectivity index (χ0v) is 16.7.